The summed E-state index contributed by atoms with van der Waals surface area (Å²) in [5.74, 6) is 0. The van der Waals surface area contributed by atoms with Gasteiger partial charge < -0.3 is 10.6 Å². The lowest BCUT2D eigenvalue weighted by Crippen LogP contribution is -1.76. The molecule has 0 aliphatic rings. The molecular formula is C12H10AlF3. The average Bonchev–Trinajstić information content (AvgIpc) is 2.31. The molecule has 2 rings (SSSR count). The lowest BCUT2D eigenvalue weighted by Gasteiger charge is -1.98. The van der Waals surface area contributed by atoms with Crippen LogP contribution in [0.4, 0.5) is 10.6 Å². The average molecular weight is 238 g/mol. The summed E-state index contributed by atoms with van der Waals surface area (Å²) in [7, 11) is 0. The van der Waals surface area contributed by atoms with Crippen LogP contribution >= 0.6 is 0 Å². The van der Waals surface area contributed by atoms with Gasteiger partial charge in [-0.15, -0.1) is 0 Å². The summed E-state index contributed by atoms with van der Waals surface area (Å²) < 4.78 is 29.4. The minimum absolute atomic E-state index is 1.28. The van der Waals surface area contributed by atoms with Crippen LogP contribution in [0.15, 0.2) is 60.7 Å². The number of benzene rings is 2. The van der Waals surface area contributed by atoms with Crippen LogP contribution in [0.2, 0.25) is 0 Å². The first-order valence-electron chi connectivity index (χ1n) is 4.73. The zero-order chi connectivity index (χ0) is 11.8. The molecule has 2 aromatic carbocycles. The number of halogens is 3. The smallest absolute Gasteiger partial charge is 0.346 e. The SMILES string of the molecule is [F][Al]([F])[F].c1ccc(-c2ccccc2)cc1. The Bertz CT molecular complexity index is 349. The lowest BCUT2D eigenvalue weighted by molar-refractivity contribution is 0.535. The maximum atomic E-state index is 9.81. The third-order valence-electron chi connectivity index (χ3n) is 1.88. The minimum Gasteiger partial charge on any atom is -0.346 e. The minimum atomic E-state index is -4.64. The van der Waals surface area contributed by atoms with E-state index in [1.807, 2.05) is 12.1 Å². The van der Waals surface area contributed by atoms with Crippen molar-refractivity contribution in [2.45, 2.75) is 0 Å². The summed E-state index contributed by atoms with van der Waals surface area (Å²) in [6.07, 6.45) is 0. The van der Waals surface area contributed by atoms with E-state index in [1.54, 1.807) is 0 Å². The molecule has 0 amide bonds. The molecule has 82 valence electrons. The van der Waals surface area contributed by atoms with Crippen LogP contribution in [0, 0.1) is 0 Å². The van der Waals surface area contributed by atoms with E-state index in [1.165, 1.54) is 11.1 Å². The molecule has 0 aromatic heterocycles. The van der Waals surface area contributed by atoms with E-state index in [0.717, 1.165) is 0 Å². The monoisotopic (exact) mass is 238 g/mol. The Morgan fingerprint density at radius 2 is 0.812 bits per heavy atom. The van der Waals surface area contributed by atoms with E-state index in [2.05, 4.69) is 48.5 Å². The molecule has 0 aliphatic carbocycles. The molecule has 0 nitrogen and oxygen atoms in total. The van der Waals surface area contributed by atoms with Crippen molar-refractivity contribution in [3.63, 3.8) is 0 Å². The standard InChI is InChI=1S/C12H10.Al.3FH/c1-3-7-11(8-4-1)12-9-5-2-6-10-12;;;;/h1-10H;;3*1H/q;+3;;;/p-3. The molecule has 0 aliphatic heterocycles. The highest BCUT2D eigenvalue weighted by molar-refractivity contribution is 6.33. The van der Waals surface area contributed by atoms with E-state index in [4.69, 9.17) is 0 Å². The van der Waals surface area contributed by atoms with Crippen LogP contribution in [0.3, 0.4) is 0 Å². The summed E-state index contributed by atoms with van der Waals surface area (Å²) in [6.45, 7) is 0. The highest BCUT2D eigenvalue weighted by Crippen LogP contribution is 2.17. The molecule has 4 heteroatoms. The van der Waals surface area contributed by atoms with E-state index in [0.29, 0.717) is 0 Å². The van der Waals surface area contributed by atoms with Gasteiger partial charge in [-0.2, -0.15) is 0 Å². The highest BCUT2D eigenvalue weighted by atomic mass is 27.3. The quantitative estimate of drug-likeness (QED) is 0.652. The van der Waals surface area contributed by atoms with E-state index < -0.39 is 15.5 Å². The first-order chi connectivity index (χ1) is 7.70. The molecule has 16 heavy (non-hydrogen) atoms. The van der Waals surface area contributed by atoms with Gasteiger partial charge in [-0.05, 0) is 11.1 Å². The van der Waals surface area contributed by atoms with Crippen molar-refractivity contribution in [1.29, 1.82) is 0 Å². The molecule has 0 unspecified atom stereocenters. The van der Waals surface area contributed by atoms with Crippen molar-refractivity contribution in [1.82, 2.24) is 0 Å². The van der Waals surface area contributed by atoms with Crippen molar-refractivity contribution in [3.8, 4) is 11.1 Å². The Morgan fingerprint density at radius 3 is 1.06 bits per heavy atom. The largest absolute Gasteiger partial charge is 1.04 e. The van der Waals surface area contributed by atoms with Gasteiger partial charge in [0, 0.05) is 0 Å². The third-order valence-corrected chi connectivity index (χ3v) is 1.88. The summed E-state index contributed by atoms with van der Waals surface area (Å²) in [5.41, 5.74) is 2.55. The first-order valence-corrected chi connectivity index (χ1v) is 6.04. The molecule has 0 radical (unpaired) electrons. The van der Waals surface area contributed by atoms with Gasteiger partial charge in [0.1, 0.15) is 0 Å². The molecule has 0 atom stereocenters. The first kappa shape index (κ1) is 12.8. The molecule has 0 heterocycles. The molecule has 0 spiro atoms. The predicted molar refractivity (Wildman–Crippen MR) is 61.0 cm³/mol. The fraction of sp³-hybridized carbons (Fsp3) is 0. The topological polar surface area (TPSA) is 0 Å². The molecular weight excluding hydrogens is 228 g/mol. The maximum Gasteiger partial charge on any atom is 1.04 e. The van der Waals surface area contributed by atoms with Crippen molar-refractivity contribution in [3.05, 3.63) is 60.7 Å². The Kier molecular flexibility index (Phi) is 5.70. The van der Waals surface area contributed by atoms with Crippen molar-refractivity contribution >= 4 is 15.5 Å². The summed E-state index contributed by atoms with van der Waals surface area (Å²) in [5, 5.41) is 0. The third kappa shape index (κ3) is 5.02. The van der Waals surface area contributed by atoms with E-state index in [9.17, 15) is 10.6 Å². The Balaban J connectivity index is 0.000000280. The van der Waals surface area contributed by atoms with Crippen LogP contribution in [0.5, 0.6) is 0 Å². The number of rotatable bonds is 1. The zero-order valence-electron chi connectivity index (χ0n) is 8.48. The highest BCUT2D eigenvalue weighted by Gasteiger charge is 2.21. The summed E-state index contributed by atoms with van der Waals surface area (Å²) >= 11 is -4.64. The van der Waals surface area contributed by atoms with Gasteiger partial charge in [-0.25, -0.2) is 0 Å². The predicted octanol–water partition coefficient (Wildman–Crippen LogP) is 4.23. The summed E-state index contributed by atoms with van der Waals surface area (Å²) in [6, 6.07) is 20.8. The Hall–Kier alpha value is -1.24. The van der Waals surface area contributed by atoms with Crippen molar-refractivity contribution in [2.75, 3.05) is 0 Å². The second kappa shape index (κ2) is 7.10. The van der Waals surface area contributed by atoms with Gasteiger partial charge in [-0.3, -0.25) is 0 Å². The Labute approximate surface area is 98.2 Å². The van der Waals surface area contributed by atoms with Crippen LogP contribution in [0.1, 0.15) is 0 Å². The number of hydrogen-bond acceptors (Lipinski definition) is 0. The fourth-order valence-corrected chi connectivity index (χ4v) is 1.26. The molecule has 2 aromatic rings. The van der Waals surface area contributed by atoms with Crippen LogP contribution in [-0.2, 0) is 0 Å². The van der Waals surface area contributed by atoms with Crippen molar-refractivity contribution < 1.29 is 10.6 Å². The van der Waals surface area contributed by atoms with Crippen molar-refractivity contribution in [2.24, 2.45) is 0 Å². The normalized spacial score (nSPS) is 8.94. The van der Waals surface area contributed by atoms with Crippen LogP contribution in [-0.4, -0.2) is 15.5 Å². The molecule has 0 saturated carbocycles. The Morgan fingerprint density at radius 1 is 0.562 bits per heavy atom. The molecule has 0 N–H and O–H groups in total. The van der Waals surface area contributed by atoms with E-state index >= 15 is 0 Å². The van der Waals surface area contributed by atoms with Gasteiger partial charge >= 0.3 is 15.5 Å². The molecule has 0 saturated heterocycles. The lowest BCUT2D eigenvalue weighted by atomic mass is 10.1. The van der Waals surface area contributed by atoms with Crippen LogP contribution in [0.25, 0.3) is 11.1 Å². The van der Waals surface area contributed by atoms with E-state index in [-0.39, 0.29) is 0 Å². The van der Waals surface area contributed by atoms with Gasteiger partial charge in [0.15, 0.2) is 0 Å². The van der Waals surface area contributed by atoms with Gasteiger partial charge in [0.05, 0.1) is 0 Å². The second-order valence-electron chi connectivity index (χ2n) is 2.98. The summed E-state index contributed by atoms with van der Waals surface area (Å²) in [4.78, 5) is 0. The van der Waals surface area contributed by atoms with Gasteiger partial charge in [0.25, 0.3) is 0 Å². The second-order valence-corrected chi connectivity index (χ2v) is 3.47. The number of hydrogen-bond donors (Lipinski definition) is 0. The van der Waals surface area contributed by atoms with Gasteiger partial charge in [-0.1, -0.05) is 60.7 Å². The zero-order valence-corrected chi connectivity index (χ0v) is 9.64. The van der Waals surface area contributed by atoms with Gasteiger partial charge in [0.2, 0.25) is 0 Å². The molecule has 0 fully saturated rings. The fourth-order valence-electron chi connectivity index (χ4n) is 1.26. The maximum absolute atomic E-state index is 9.81. The van der Waals surface area contributed by atoms with Crippen LogP contribution < -0.4 is 0 Å². The molecule has 0 bridgehead atoms.